The first kappa shape index (κ1) is 9.59. The Morgan fingerprint density at radius 3 is 2.43 bits per heavy atom. The Kier molecular flexibility index (Phi) is 2.77. The lowest BCUT2D eigenvalue weighted by atomic mass is 9.91. The van der Waals surface area contributed by atoms with Gasteiger partial charge in [0.25, 0.3) is 0 Å². The summed E-state index contributed by atoms with van der Waals surface area (Å²) in [6, 6.07) is 3.78. The third kappa shape index (κ3) is 2.10. The van der Waals surface area contributed by atoms with Crippen molar-refractivity contribution in [3.05, 3.63) is 35.4 Å². The summed E-state index contributed by atoms with van der Waals surface area (Å²) >= 11 is 0. The molecule has 1 N–H and O–H groups in total. The van der Waals surface area contributed by atoms with E-state index in [4.69, 9.17) is 0 Å². The van der Waals surface area contributed by atoms with Crippen LogP contribution in [0.1, 0.15) is 24.3 Å². The normalized spacial score (nSPS) is 22.3. The number of hydrogen-bond acceptors (Lipinski definition) is 1. The molecule has 76 valence electrons. The van der Waals surface area contributed by atoms with Crippen LogP contribution in [0.2, 0.25) is 0 Å². The zero-order valence-electron chi connectivity index (χ0n) is 7.89. The molecule has 0 aromatic heterocycles. The van der Waals surface area contributed by atoms with Crippen LogP contribution in [-0.2, 0) is 0 Å². The lowest BCUT2D eigenvalue weighted by Crippen LogP contribution is -2.28. The van der Waals surface area contributed by atoms with Crippen molar-refractivity contribution >= 4 is 0 Å². The average molecular weight is 197 g/mol. The Bertz CT molecular complexity index is 299. The van der Waals surface area contributed by atoms with E-state index in [0.717, 1.165) is 37.6 Å². The second-order valence-electron chi connectivity index (χ2n) is 3.75. The molecule has 0 radical (unpaired) electrons. The van der Waals surface area contributed by atoms with Gasteiger partial charge in [-0.2, -0.15) is 0 Å². The molecule has 1 atom stereocenters. The van der Waals surface area contributed by atoms with Crippen molar-refractivity contribution in [3.63, 3.8) is 0 Å². The zero-order valence-corrected chi connectivity index (χ0v) is 7.89. The van der Waals surface area contributed by atoms with Gasteiger partial charge in [0.05, 0.1) is 0 Å². The van der Waals surface area contributed by atoms with Crippen LogP contribution in [-0.4, -0.2) is 13.1 Å². The van der Waals surface area contributed by atoms with Gasteiger partial charge in [-0.05, 0) is 43.0 Å². The van der Waals surface area contributed by atoms with E-state index in [-0.39, 0.29) is 5.92 Å². The highest BCUT2D eigenvalue weighted by Gasteiger charge is 2.16. The van der Waals surface area contributed by atoms with Crippen molar-refractivity contribution < 1.29 is 8.78 Å². The SMILES string of the molecule is Fc1cc(F)cc(C2CCCNC2)c1. The Hall–Kier alpha value is -0.960. The van der Waals surface area contributed by atoms with Gasteiger partial charge >= 0.3 is 0 Å². The number of nitrogens with one attached hydrogen (secondary N) is 1. The Morgan fingerprint density at radius 2 is 1.86 bits per heavy atom. The highest BCUT2D eigenvalue weighted by molar-refractivity contribution is 5.22. The first-order chi connectivity index (χ1) is 6.75. The molecule has 0 saturated carbocycles. The average Bonchev–Trinajstić information content (AvgIpc) is 2.18. The fourth-order valence-corrected chi connectivity index (χ4v) is 1.95. The van der Waals surface area contributed by atoms with Gasteiger partial charge in [0.1, 0.15) is 11.6 Å². The second kappa shape index (κ2) is 4.05. The molecule has 1 nitrogen and oxygen atoms in total. The first-order valence-corrected chi connectivity index (χ1v) is 4.92. The molecule has 14 heavy (non-hydrogen) atoms. The highest BCUT2D eigenvalue weighted by atomic mass is 19.1. The maximum atomic E-state index is 12.9. The Labute approximate surface area is 82.1 Å². The highest BCUT2D eigenvalue weighted by Crippen LogP contribution is 2.24. The van der Waals surface area contributed by atoms with Crippen molar-refractivity contribution in [2.45, 2.75) is 18.8 Å². The van der Waals surface area contributed by atoms with E-state index in [2.05, 4.69) is 5.32 Å². The van der Waals surface area contributed by atoms with Crippen LogP contribution < -0.4 is 5.32 Å². The first-order valence-electron chi connectivity index (χ1n) is 4.92. The minimum Gasteiger partial charge on any atom is -0.316 e. The van der Waals surface area contributed by atoms with Crippen LogP contribution in [0, 0.1) is 11.6 Å². The van der Waals surface area contributed by atoms with Gasteiger partial charge in [0.15, 0.2) is 0 Å². The molecular formula is C11H13F2N. The Morgan fingerprint density at radius 1 is 1.14 bits per heavy atom. The number of piperidine rings is 1. The molecule has 0 amide bonds. The van der Waals surface area contributed by atoms with Gasteiger partial charge in [0.2, 0.25) is 0 Å². The van der Waals surface area contributed by atoms with E-state index < -0.39 is 11.6 Å². The third-order valence-corrected chi connectivity index (χ3v) is 2.65. The van der Waals surface area contributed by atoms with E-state index in [1.807, 2.05) is 0 Å². The van der Waals surface area contributed by atoms with Crippen LogP contribution >= 0.6 is 0 Å². The molecule has 1 fully saturated rings. The summed E-state index contributed by atoms with van der Waals surface area (Å²) in [6.45, 7) is 1.83. The summed E-state index contributed by atoms with van der Waals surface area (Å²) in [6.07, 6.45) is 2.08. The molecule has 0 aliphatic carbocycles. The van der Waals surface area contributed by atoms with Crippen molar-refractivity contribution in [2.75, 3.05) is 13.1 Å². The summed E-state index contributed by atoms with van der Waals surface area (Å²) in [5.74, 6) is -0.704. The fourth-order valence-electron chi connectivity index (χ4n) is 1.95. The van der Waals surface area contributed by atoms with Gasteiger partial charge in [-0.25, -0.2) is 8.78 Å². The number of halogens is 2. The molecule has 1 heterocycles. The van der Waals surface area contributed by atoms with Crippen molar-refractivity contribution in [1.82, 2.24) is 5.32 Å². The standard InChI is InChI=1S/C11H13F2N/c12-10-4-9(5-11(13)6-10)8-2-1-3-14-7-8/h4-6,8,14H,1-3,7H2. The lowest BCUT2D eigenvalue weighted by molar-refractivity contribution is 0.457. The lowest BCUT2D eigenvalue weighted by Gasteiger charge is -2.23. The summed E-state index contributed by atoms with van der Waals surface area (Å²) in [7, 11) is 0. The summed E-state index contributed by atoms with van der Waals surface area (Å²) < 4.78 is 25.8. The molecule has 0 bridgehead atoms. The van der Waals surface area contributed by atoms with Crippen LogP contribution in [0.3, 0.4) is 0 Å². The molecule has 1 aliphatic heterocycles. The molecule has 1 aliphatic rings. The van der Waals surface area contributed by atoms with E-state index in [0.29, 0.717) is 0 Å². The van der Waals surface area contributed by atoms with Gasteiger partial charge in [-0.15, -0.1) is 0 Å². The fraction of sp³-hybridized carbons (Fsp3) is 0.455. The zero-order chi connectivity index (χ0) is 9.97. The molecule has 3 heteroatoms. The predicted octanol–water partition coefficient (Wildman–Crippen LogP) is 2.43. The van der Waals surface area contributed by atoms with Gasteiger partial charge in [0, 0.05) is 12.6 Å². The van der Waals surface area contributed by atoms with Crippen LogP contribution in [0.25, 0.3) is 0 Å². The van der Waals surface area contributed by atoms with Crippen LogP contribution in [0.5, 0.6) is 0 Å². The second-order valence-corrected chi connectivity index (χ2v) is 3.75. The van der Waals surface area contributed by atoms with Gasteiger partial charge in [-0.3, -0.25) is 0 Å². The molecule has 2 rings (SSSR count). The van der Waals surface area contributed by atoms with Crippen molar-refractivity contribution in [3.8, 4) is 0 Å². The molecule has 1 unspecified atom stereocenters. The molecule has 0 spiro atoms. The topological polar surface area (TPSA) is 12.0 Å². The summed E-state index contributed by atoms with van der Waals surface area (Å²) in [5, 5.41) is 3.23. The monoisotopic (exact) mass is 197 g/mol. The maximum Gasteiger partial charge on any atom is 0.126 e. The molecule has 1 aromatic carbocycles. The molecule has 1 saturated heterocycles. The number of rotatable bonds is 1. The predicted molar refractivity (Wildman–Crippen MR) is 51.2 cm³/mol. The summed E-state index contributed by atoms with van der Waals surface area (Å²) in [5.41, 5.74) is 0.773. The number of hydrogen-bond donors (Lipinski definition) is 1. The van der Waals surface area contributed by atoms with Crippen molar-refractivity contribution in [1.29, 1.82) is 0 Å². The van der Waals surface area contributed by atoms with E-state index >= 15 is 0 Å². The molecular weight excluding hydrogens is 184 g/mol. The third-order valence-electron chi connectivity index (χ3n) is 2.65. The van der Waals surface area contributed by atoms with E-state index in [9.17, 15) is 8.78 Å². The smallest absolute Gasteiger partial charge is 0.126 e. The maximum absolute atomic E-state index is 12.9. The van der Waals surface area contributed by atoms with Crippen LogP contribution in [0.4, 0.5) is 8.78 Å². The van der Waals surface area contributed by atoms with Gasteiger partial charge < -0.3 is 5.32 Å². The minimum absolute atomic E-state index is 0.258. The molecule has 1 aromatic rings. The van der Waals surface area contributed by atoms with Crippen molar-refractivity contribution in [2.24, 2.45) is 0 Å². The Balaban J connectivity index is 2.21. The largest absolute Gasteiger partial charge is 0.316 e. The van der Waals surface area contributed by atoms with Gasteiger partial charge in [-0.1, -0.05) is 0 Å². The summed E-state index contributed by atoms with van der Waals surface area (Å²) in [4.78, 5) is 0. The quantitative estimate of drug-likeness (QED) is 0.729. The van der Waals surface area contributed by atoms with Crippen LogP contribution in [0.15, 0.2) is 18.2 Å². The van der Waals surface area contributed by atoms with E-state index in [1.165, 1.54) is 12.1 Å². The van der Waals surface area contributed by atoms with E-state index in [1.54, 1.807) is 0 Å². The minimum atomic E-state index is -0.481. The number of benzene rings is 1.